The third kappa shape index (κ3) is 4.36. The summed E-state index contributed by atoms with van der Waals surface area (Å²) in [7, 11) is 3.17. The van der Waals surface area contributed by atoms with Gasteiger partial charge < -0.3 is 14.8 Å². The molecular formula is C16H17ClN2O3. The number of hydrogen-bond acceptors (Lipinski definition) is 4. The number of carbonyl (C=O) groups excluding carboxylic acids is 1. The monoisotopic (exact) mass is 320 g/mol. The maximum absolute atomic E-state index is 11.9. The number of carbonyl (C=O) groups is 1. The summed E-state index contributed by atoms with van der Waals surface area (Å²) < 4.78 is 10.4. The number of hydrogen-bond donors (Lipinski definition) is 1. The van der Waals surface area contributed by atoms with Gasteiger partial charge in [-0.25, -0.2) is 4.98 Å². The van der Waals surface area contributed by atoms with Gasteiger partial charge in [-0.1, -0.05) is 23.7 Å². The van der Waals surface area contributed by atoms with E-state index in [2.05, 4.69) is 10.3 Å². The van der Waals surface area contributed by atoms with E-state index in [1.165, 1.54) is 0 Å². The Balaban J connectivity index is 1.93. The number of amides is 1. The number of pyridine rings is 1. The zero-order valence-corrected chi connectivity index (χ0v) is 13.2. The molecule has 0 spiro atoms. The van der Waals surface area contributed by atoms with E-state index in [1.54, 1.807) is 32.4 Å². The molecular weight excluding hydrogens is 304 g/mol. The molecule has 2 aromatic rings. The molecule has 1 aromatic carbocycles. The van der Waals surface area contributed by atoms with Crippen LogP contribution in [-0.4, -0.2) is 25.1 Å². The minimum Gasteiger partial charge on any atom is -0.493 e. The smallest absolute Gasteiger partial charge is 0.225 e. The number of benzene rings is 1. The average molecular weight is 321 g/mol. The molecule has 1 N–H and O–H groups in total. The van der Waals surface area contributed by atoms with Gasteiger partial charge in [-0.3, -0.25) is 4.79 Å². The maximum atomic E-state index is 11.9. The molecule has 1 aromatic heterocycles. The molecule has 0 unspecified atom stereocenters. The molecule has 0 saturated carbocycles. The van der Waals surface area contributed by atoms with Crippen molar-refractivity contribution in [3.63, 3.8) is 0 Å². The third-order valence-corrected chi connectivity index (χ3v) is 3.28. The summed E-state index contributed by atoms with van der Waals surface area (Å²) >= 11 is 5.78. The van der Waals surface area contributed by atoms with Crippen molar-refractivity contribution in [3.8, 4) is 11.5 Å². The van der Waals surface area contributed by atoms with Gasteiger partial charge in [-0.05, 0) is 36.2 Å². The van der Waals surface area contributed by atoms with Crippen molar-refractivity contribution in [2.75, 3.05) is 19.5 Å². The first-order valence-electron chi connectivity index (χ1n) is 6.75. The van der Waals surface area contributed by atoms with E-state index < -0.39 is 0 Å². The largest absolute Gasteiger partial charge is 0.493 e. The fourth-order valence-electron chi connectivity index (χ4n) is 1.98. The minimum absolute atomic E-state index is 0.121. The zero-order chi connectivity index (χ0) is 15.9. The van der Waals surface area contributed by atoms with Crippen LogP contribution in [0.25, 0.3) is 0 Å². The second kappa shape index (κ2) is 7.66. The molecule has 0 saturated heterocycles. The van der Waals surface area contributed by atoms with Crippen LogP contribution in [0.5, 0.6) is 11.5 Å². The van der Waals surface area contributed by atoms with Crippen molar-refractivity contribution in [1.82, 2.24) is 4.98 Å². The average Bonchev–Trinajstić information content (AvgIpc) is 2.52. The van der Waals surface area contributed by atoms with Gasteiger partial charge in [0, 0.05) is 6.42 Å². The van der Waals surface area contributed by atoms with Crippen LogP contribution in [0.15, 0.2) is 36.4 Å². The zero-order valence-electron chi connectivity index (χ0n) is 12.4. The second-order valence-electron chi connectivity index (χ2n) is 4.58. The van der Waals surface area contributed by atoms with Gasteiger partial charge in [-0.2, -0.15) is 0 Å². The highest BCUT2D eigenvalue weighted by Crippen LogP contribution is 2.28. The molecule has 0 radical (unpaired) electrons. The lowest BCUT2D eigenvalue weighted by Gasteiger charge is -2.09. The Bertz CT molecular complexity index is 662. The molecule has 0 bridgehead atoms. The molecule has 6 heteroatoms. The van der Waals surface area contributed by atoms with Gasteiger partial charge in [0.05, 0.1) is 14.2 Å². The summed E-state index contributed by atoms with van der Waals surface area (Å²) in [5.74, 6) is 1.64. The quantitative estimate of drug-likeness (QED) is 0.829. The highest BCUT2D eigenvalue weighted by molar-refractivity contribution is 6.29. The summed E-state index contributed by atoms with van der Waals surface area (Å²) in [4.78, 5) is 15.9. The Hall–Kier alpha value is -2.27. The number of nitrogens with zero attached hydrogens (tertiary/aromatic N) is 1. The summed E-state index contributed by atoms with van der Waals surface area (Å²) in [5, 5.41) is 3.06. The fraction of sp³-hybridized carbons (Fsp3) is 0.250. The predicted octanol–water partition coefficient (Wildman–Crippen LogP) is 3.32. The van der Waals surface area contributed by atoms with Gasteiger partial charge in [0.25, 0.3) is 0 Å². The van der Waals surface area contributed by atoms with Crippen LogP contribution in [0.4, 0.5) is 5.82 Å². The van der Waals surface area contributed by atoms with E-state index >= 15 is 0 Å². The van der Waals surface area contributed by atoms with Crippen molar-refractivity contribution in [2.24, 2.45) is 0 Å². The molecule has 0 fully saturated rings. The normalized spacial score (nSPS) is 10.1. The van der Waals surface area contributed by atoms with Crippen LogP contribution in [0.1, 0.15) is 12.0 Å². The Morgan fingerprint density at radius 1 is 1.18 bits per heavy atom. The van der Waals surface area contributed by atoms with Gasteiger partial charge in [0.1, 0.15) is 11.0 Å². The topological polar surface area (TPSA) is 60.5 Å². The molecule has 1 amide bonds. The summed E-state index contributed by atoms with van der Waals surface area (Å²) in [6.07, 6.45) is 0.927. The molecule has 2 rings (SSSR count). The Morgan fingerprint density at radius 3 is 2.64 bits per heavy atom. The lowest BCUT2D eigenvalue weighted by atomic mass is 10.1. The van der Waals surface area contributed by atoms with Crippen LogP contribution in [0, 0.1) is 0 Å². The van der Waals surface area contributed by atoms with Crippen molar-refractivity contribution in [1.29, 1.82) is 0 Å². The first-order valence-corrected chi connectivity index (χ1v) is 7.13. The van der Waals surface area contributed by atoms with E-state index in [4.69, 9.17) is 21.1 Å². The van der Waals surface area contributed by atoms with Crippen molar-refractivity contribution in [3.05, 3.63) is 47.1 Å². The lowest BCUT2D eigenvalue weighted by Crippen LogP contribution is -2.13. The van der Waals surface area contributed by atoms with Crippen LogP contribution >= 0.6 is 11.6 Å². The van der Waals surface area contributed by atoms with Gasteiger partial charge in [-0.15, -0.1) is 0 Å². The van der Waals surface area contributed by atoms with E-state index in [0.717, 1.165) is 5.56 Å². The van der Waals surface area contributed by atoms with Crippen LogP contribution in [-0.2, 0) is 11.2 Å². The predicted molar refractivity (Wildman–Crippen MR) is 85.7 cm³/mol. The summed E-state index contributed by atoms with van der Waals surface area (Å²) in [6.45, 7) is 0. The fourth-order valence-corrected chi connectivity index (χ4v) is 2.14. The van der Waals surface area contributed by atoms with E-state index in [9.17, 15) is 4.79 Å². The molecule has 116 valence electrons. The highest BCUT2D eigenvalue weighted by Gasteiger charge is 2.08. The highest BCUT2D eigenvalue weighted by atomic mass is 35.5. The van der Waals surface area contributed by atoms with Crippen LogP contribution in [0.3, 0.4) is 0 Å². The maximum Gasteiger partial charge on any atom is 0.225 e. The van der Waals surface area contributed by atoms with Gasteiger partial charge >= 0.3 is 0 Å². The molecule has 0 aliphatic carbocycles. The summed E-state index contributed by atoms with van der Waals surface area (Å²) in [6, 6.07) is 10.7. The lowest BCUT2D eigenvalue weighted by molar-refractivity contribution is -0.116. The number of aromatic nitrogens is 1. The van der Waals surface area contributed by atoms with E-state index in [1.807, 2.05) is 18.2 Å². The number of nitrogens with one attached hydrogen (secondary N) is 1. The number of ether oxygens (including phenoxy) is 2. The Morgan fingerprint density at radius 2 is 1.95 bits per heavy atom. The third-order valence-electron chi connectivity index (χ3n) is 3.07. The molecule has 22 heavy (non-hydrogen) atoms. The van der Waals surface area contributed by atoms with E-state index in [0.29, 0.717) is 35.3 Å². The standard InChI is InChI=1S/C16H17ClN2O3/c1-21-12-8-6-11(10-13(12)22-2)7-9-16(20)19-15-5-3-4-14(17)18-15/h3-6,8,10H,7,9H2,1-2H3,(H,18,19,20). The Labute approximate surface area is 134 Å². The molecule has 1 heterocycles. The summed E-state index contributed by atoms with van der Waals surface area (Å²) in [5.41, 5.74) is 0.992. The van der Waals surface area contributed by atoms with Crippen molar-refractivity contribution >= 4 is 23.3 Å². The first-order chi connectivity index (χ1) is 10.6. The first kappa shape index (κ1) is 16.1. The van der Waals surface area contributed by atoms with Crippen molar-refractivity contribution in [2.45, 2.75) is 12.8 Å². The minimum atomic E-state index is -0.121. The number of halogens is 1. The van der Waals surface area contributed by atoms with E-state index in [-0.39, 0.29) is 5.91 Å². The Kier molecular flexibility index (Phi) is 5.61. The second-order valence-corrected chi connectivity index (χ2v) is 4.97. The van der Waals surface area contributed by atoms with Gasteiger partial charge in [0.2, 0.25) is 5.91 Å². The number of methoxy groups -OCH3 is 2. The van der Waals surface area contributed by atoms with Crippen LogP contribution in [0.2, 0.25) is 5.15 Å². The number of anilines is 1. The van der Waals surface area contributed by atoms with Crippen LogP contribution < -0.4 is 14.8 Å². The molecule has 5 nitrogen and oxygen atoms in total. The molecule has 0 aliphatic heterocycles. The van der Waals surface area contributed by atoms with Gasteiger partial charge in [0.15, 0.2) is 11.5 Å². The van der Waals surface area contributed by atoms with Crippen molar-refractivity contribution < 1.29 is 14.3 Å². The number of aryl methyl sites for hydroxylation is 1. The SMILES string of the molecule is COc1ccc(CCC(=O)Nc2cccc(Cl)n2)cc1OC. The molecule has 0 atom stereocenters. The molecule has 0 aliphatic rings. The number of rotatable bonds is 6.